The van der Waals surface area contributed by atoms with Crippen molar-refractivity contribution in [1.29, 1.82) is 0 Å². The molecule has 2 N–H and O–H groups in total. The Balaban J connectivity index is 1.63. The first-order valence-electron chi connectivity index (χ1n) is 9.50. The number of amides is 4. The van der Waals surface area contributed by atoms with E-state index in [4.69, 9.17) is 0 Å². The number of urea groups is 1. The smallest absolute Gasteiger partial charge is 0.325 e. The molecule has 3 rings (SSSR count). The molecule has 1 aliphatic heterocycles. The van der Waals surface area contributed by atoms with Gasteiger partial charge in [-0.25, -0.2) is 4.79 Å². The van der Waals surface area contributed by atoms with Crippen LogP contribution in [0.5, 0.6) is 0 Å². The molecular weight excluding hydrogens is 330 g/mol. The van der Waals surface area contributed by atoms with Crippen LogP contribution in [0.3, 0.4) is 0 Å². The number of carbonyl (C=O) groups excluding carboxylic acids is 3. The van der Waals surface area contributed by atoms with E-state index in [-0.39, 0.29) is 24.4 Å². The van der Waals surface area contributed by atoms with Crippen LogP contribution in [-0.4, -0.2) is 34.8 Å². The second kappa shape index (κ2) is 7.89. The average Bonchev–Trinajstić information content (AvgIpc) is 2.84. The largest absolute Gasteiger partial charge is 0.348 e. The Morgan fingerprint density at radius 1 is 1.12 bits per heavy atom. The SMILES string of the molecule is C[C@H](NC(=O)CN1C(=O)NC2(CCCCCCC2)C1=O)c1ccccc1. The van der Waals surface area contributed by atoms with Gasteiger partial charge in [-0.15, -0.1) is 0 Å². The van der Waals surface area contributed by atoms with Crippen molar-refractivity contribution < 1.29 is 14.4 Å². The van der Waals surface area contributed by atoms with Crippen LogP contribution in [-0.2, 0) is 9.59 Å². The van der Waals surface area contributed by atoms with Crippen LogP contribution in [0.15, 0.2) is 30.3 Å². The standard InChI is InChI=1S/C20H27N3O3/c1-15(16-10-6-5-7-11-16)21-17(24)14-23-18(25)20(22-19(23)26)12-8-3-2-4-9-13-20/h5-7,10-11,15H,2-4,8-9,12-14H2,1H3,(H,21,24)(H,22,26)/t15-/m0/s1. The quantitative estimate of drug-likeness (QED) is 0.813. The fourth-order valence-electron chi connectivity index (χ4n) is 3.92. The van der Waals surface area contributed by atoms with Gasteiger partial charge in [0, 0.05) is 0 Å². The minimum atomic E-state index is -0.803. The summed E-state index contributed by atoms with van der Waals surface area (Å²) in [4.78, 5) is 38.7. The maximum Gasteiger partial charge on any atom is 0.325 e. The summed E-state index contributed by atoms with van der Waals surface area (Å²) in [5.41, 5.74) is 0.178. The highest BCUT2D eigenvalue weighted by molar-refractivity contribution is 6.09. The van der Waals surface area contributed by atoms with Crippen molar-refractivity contribution in [3.05, 3.63) is 35.9 Å². The monoisotopic (exact) mass is 357 g/mol. The van der Waals surface area contributed by atoms with E-state index in [0.717, 1.165) is 36.1 Å². The van der Waals surface area contributed by atoms with E-state index in [0.29, 0.717) is 12.8 Å². The van der Waals surface area contributed by atoms with E-state index < -0.39 is 11.6 Å². The summed E-state index contributed by atoms with van der Waals surface area (Å²) in [5.74, 6) is -0.570. The normalized spacial score (nSPS) is 21.0. The highest BCUT2D eigenvalue weighted by Crippen LogP contribution is 2.32. The maximum atomic E-state index is 12.9. The van der Waals surface area contributed by atoms with E-state index in [1.165, 1.54) is 6.42 Å². The molecule has 26 heavy (non-hydrogen) atoms. The Hall–Kier alpha value is -2.37. The van der Waals surface area contributed by atoms with Crippen molar-refractivity contribution in [2.24, 2.45) is 0 Å². The van der Waals surface area contributed by atoms with E-state index in [1.807, 2.05) is 37.3 Å². The third-order valence-electron chi connectivity index (χ3n) is 5.43. The molecule has 0 bridgehead atoms. The van der Waals surface area contributed by atoms with E-state index in [1.54, 1.807) is 0 Å². The summed E-state index contributed by atoms with van der Waals surface area (Å²) >= 11 is 0. The average molecular weight is 357 g/mol. The fourth-order valence-corrected chi connectivity index (χ4v) is 3.92. The molecule has 4 amide bonds. The highest BCUT2D eigenvalue weighted by atomic mass is 16.2. The Bertz CT molecular complexity index is 666. The number of benzene rings is 1. The number of nitrogens with one attached hydrogen (secondary N) is 2. The molecule has 1 aliphatic carbocycles. The molecule has 1 atom stereocenters. The molecule has 1 spiro atoms. The molecule has 1 aromatic carbocycles. The number of rotatable bonds is 4. The van der Waals surface area contributed by atoms with Gasteiger partial charge in [-0.3, -0.25) is 14.5 Å². The third kappa shape index (κ3) is 3.89. The summed E-state index contributed by atoms with van der Waals surface area (Å²) in [6, 6.07) is 8.98. The summed E-state index contributed by atoms with van der Waals surface area (Å²) in [6.07, 6.45) is 6.53. The highest BCUT2D eigenvalue weighted by Gasteiger charge is 2.50. The van der Waals surface area contributed by atoms with Crippen molar-refractivity contribution in [3.63, 3.8) is 0 Å². The van der Waals surface area contributed by atoms with Crippen molar-refractivity contribution in [1.82, 2.24) is 15.5 Å². The first-order valence-corrected chi connectivity index (χ1v) is 9.50. The summed E-state index contributed by atoms with van der Waals surface area (Å²) in [7, 11) is 0. The van der Waals surface area contributed by atoms with Gasteiger partial charge in [-0.2, -0.15) is 0 Å². The van der Waals surface area contributed by atoms with Crippen molar-refractivity contribution in [2.45, 2.75) is 63.5 Å². The zero-order valence-electron chi connectivity index (χ0n) is 15.3. The topological polar surface area (TPSA) is 78.5 Å². The molecule has 140 valence electrons. The lowest BCUT2D eigenvalue weighted by Gasteiger charge is -2.28. The summed E-state index contributed by atoms with van der Waals surface area (Å²) in [6.45, 7) is 1.65. The lowest BCUT2D eigenvalue weighted by Crippen LogP contribution is -2.48. The Morgan fingerprint density at radius 3 is 2.38 bits per heavy atom. The van der Waals surface area contributed by atoms with E-state index in [9.17, 15) is 14.4 Å². The number of carbonyl (C=O) groups is 3. The first-order chi connectivity index (χ1) is 12.5. The molecule has 0 radical (unpaired) electrons. The Morgan fingerprint density at radius 2 is 1.73 bits per heavy atom. The van der Waals surface area contributed by atoms with Crippen LogP contribution in [0, 0.1) is 0 Å². The zero-order chi connectivity index (χ0) is 18.6. The first kappa shape index (κ1) is 18.4. The Kier molecular flexibility index (Phi) is 5.59. The lowest BCUT2D eigenvalue weighted by atomic mass is 9.84. The molecule has 0 aromatic heterocycles. The zero-order valence-corrected chi connectivity index (χ0v) is 15.3. The van der Waals surface area contributed by atoms with E-state index >= 15 is 0 Å². The van der Waals surface area contributed by atoms with Gasteiger partial charge in [-0.05, 0) is 25.3 Å². The molecule has 1 saturated heterocycles. The van der Waals surface area contributed by atoms with Crippen molar-refractivity contribution in [3.8, 4) is 0 Å². The molecule has 1 saturated carbocycles. The van der Waals surface area contributed by atoms with Crippen LogP contribution >= 0.6 is 0 Å². The van der Waals surface area contributed by atoms with Gasteiger partial charge >= 0.3 is 6.03 Å². The molecule has 1 aromatic rings. The summed E-state index contributed by atoms with van der Waals surface area (Å²) < 4.78 is 0. The van der Waals surface area contributed by atoms with Crippen LogP contribution in [0.1, 0.15) is 63.5 Å². The summed E-state index contributed by atoms with van der Waals surface area (Å²) in [5, 5.41) is 5.75. The van der Waals surface area contributed by atoms with Gasteiger partial charge in [0.25, 0.3) is 5.91 Å². The number of hydrogen-bond acceptors (Lipinski definition) is 3. The van der Waals surface area contributed by atoms with Gasteiger partial charge in [0.1, 0.15) is 12.1 Å². The molecule has 1 heterocycles. The van der Waals surface area contributed by atoms with Crippen LogP contribution in [0.4, 0.5) is 4.79 Å². The number of imide groups is 1. The van der Waals surface area contributed by atoms with Crippen LogP contribution < -0.4 is 10.6 Å². The third-order valence-corrected chi connectivity index (χ3v) is 5.43. The minimum Gasteiger partial charge on any atom is -0.348 e. The van der Waals surface area contributed by atoms with Gasteiger partial charge in [0.05, 0.1) is 6.04 Å². The van der Waals surface area contributed by atoms with Crippen LogP contribution in [0.25, 0.3) is 0 Å². The molecule has 0 unspecified atom stereocenters. The second-order valence-corrected chi connectivity index (χ2v) is 7.37. The predicted molar refractivity (Wildman–Crippen MR) is 98.3 cm³/mol. The molecule has 6 nitrogen and oxygen atoms in total. The van der Waals surface area contributed by atoms with E-state index in [2.05, 4.69) is 10.6 Å². The predicted octanol–water partition coefficient (Wildman–Crippen LogP) is 2.90. The fraction of sp³-hybridized carbons (Fsp3) is 0.550. The van der Waals surface area contributed by atoms with Crippen LogP contribution in [0.2, 0.25) is 0 Å². The van der Waals surface area contributed by atoms with Gasteiger partial charge in [0.15, 0.2) is 0 Å². The van der Waals surface area contributed by atoms with Crippen molar-refractivity contribution in [2.75, 3.05) is 6.54 Å². The van der Waals surface area contributed by atoms with Gasteiger partial charge in [0.2, 0.25) is 5.91 Å². The second-order valence-electron chi connectivity index (χ2n) is 7.37. The Labute approximate surface area is 154 Å². The molecular formula is C20H27N3O3. The molecule has 6 heteroatoms. The molecule has 2 aliphatic rings. The number of hydrogen-bond donors (Lipinski definition) is 2. The van der Waals surface area contributed by atoms with Gasteiger partial charge in [-0.1, -0.05) is 62.4 Å². The number of nitrogens with zero attached hydrogens (tertiary/aromatic N) is 1. The molecule has 2 fully saturated rings. The van der Waals surface area contributed by atoms with Crippen molar-refractivity contribution >= 4 is 17.8 Å². The minimum absolute atomic E-state index is 0.181. The van der Waals surface area contributed by atoms with Gasteiger partial charge < -0.3 is 10.6 Å². The lowest BCUT2D eigenvalue weighted by molar-refractivity contribution is -0.135. The maximum absolute atomic E-state index is 12.9.